The van der Waals surface area contributed by atoms with Gasteiger partial charge >= 0.3 is 0 Å². The minimum Gasteiger partial charge on any atom is -0.360 e. The molecule has 0 aliphatic rings. The van der Waals surface area contributed by atoms with Crippen molar-refractivity contribution < 1.29 is 0 Å². The maximum atomic E-state index is 4.73. The van der Waals surface area contributed by atoms with Gasteiger partial charge in [0, 0.05) is 6.04 Å². The van der Waals surface area contributed by atoms with Crippen molar-refractivity contribution in [2.24, 2.45) is 0 Å². The van der Waals surface area contributed by atoms with E-state index >= 15 is 0 Å². The first kappa shape index (κ1) is 8.04. The van der Waals surface area contributed by atoms with Crippen molar-refractivity contribution in [3.8, 4) is 0 Å². The van der Waals surface area contributed by atoms with Crippen molar-refractivity contribution in [1.82, 2.24) is 10.0 Å². The molecule has 8 heavy (non-hydrogen) atoms. The molecule has 0 heterocycles. The van der Waals surface area contributed by atoms with Gasteiger partial charge in [0.2, 0.25) is 0 Å². The van der Waals surface area contributed by atoms with Gasteiger partial charge in [0.05, 0.1) is 0 Å². The van der Waals surface area contributed by atoms with Gasteiger partial charge in [0.15, 0.2) is 5.11 Å². The Hall–Kier alpha value is 0.0400. The van der Waals surface area contributed by atoms with Crippen LogP contribution < -0.4 is 10.0 Å². The van der Waals surface area contributed by atoms with Gasteiger partial charge in [0.25, 0.3) is 0 Å². The molecule has 0 saturated heterocycles. The second-order valence-electron chi connectivity index (χ2n) is 1.74. The molecule has 0 unspecified atom stereocenters. The fourth-order valence-electron chi connectivity index (χ4n) is 0.294. The highest BCUT2D eigenvalue weighted by molar-refractivity contribution is 7.84. The topological polar surface area (TPSA) is 24.1 Å². The van der Waals surface area contributed by atoms with Crippen molar-refractivity contribution in [1.29, 1.82) is 0 Å². The van der Waals surface area contributed by atoms with Crippen LogP contribution in [0.4, 0.5) is 0 Å². The van der Waals surface area contributed by atoms with Crippen LogP contribution in [0.1, 0.15) is 13.8 Å². The van der Waals surface area contributed by atoms with Gasteiger partial charge in [-0.1, -0.05) is 12.8 Å². The van der Waals surface area contributed by atoms with E-state index in [2.05, 4.69) is 22.9 Å². The average Bonchev–Trinajstić information content (AvgIpc) is 1.65. The summed E-state index contributed by atoms with van der Waals surface area (Å²) in [6.07, 6.45) is 0. The quantitative estimate of drug-likeness (QED) is 0.379. The maximum Gasteiger partial charge on any atom is 0.176 e. The van der Waals surface area contributed by atoms with E-state index in [1.807, 2.05) is 13.8 Å². The first-order valence-corrected chi connectivity index (χ1v) is 3.23. The third kappa shape index (κ3) is 4.21. The van der Waals surface area contributed by atoms with Gasteiger partial charge in [0.1, 0.15) is 0 Å². The Balaban J connectivity index is 3.25. The standard InChI is InChI=1S/C4H10N2S2/c1-3(2)5-4(7)6-8/h3,8H,1-2H3,(H2,5,6,7). The van der Waals surface area contributed by atoms with Gasteiger partial charge < -0.3 is 10.0 Å². The van der Waals surface area contributed by atoms with Crippen LogP contribution in [0.25, 0.3) is 0 Å². The molecule has 0 radical (unpaired) electrons. The van der Waals surface area contributed by atoms with Crippen molar-refractivity contribution in [3.05, 3.63) is 0 Å². The Morgan fingerprint density at radius 2 is 2.12 bits per heavy atom. The molecule has 0 fully saturated rings. The minimum absolute atomic E-state index is 0.377. The predicted molar refractivity (Wildman–Crippen MR) is 43.0 cm³/mol. The Kier molecular flexibility index (Phi) is 3.99. The van der Waals surface area contributed by atoms with E-state index < -0.39 is 0 Å². The van der Waals surface area contributed by atoms with Crippen molar-refractivity contribution in [2.45, 2.75) is 19.9 Å². The Bertz CT molecular complexity index is 82.1. The molecule has 0 aliphatic heterocycles. The SMILES string of the molecule is CC(C)NC(=S)NS. The van der Waals surface area contributed by atoms with Crippen LogP contribution in [0.2, 0.25) is 0 Å². The van der Waals surface area contributed by atoms with Crippen LogP contribution in [0.15, 0.2) is 0 Å². The molecular weight excluding hydrogens is 140 g/mol. The number of rotatable bonds is 1. The van der Waals surface area contributed by atoms with Crippen LogP contribution in [-0.4, -0.2) is 11.2 Å². The fraction of sp³-hybridized carbons (Fsp3) is 0.750. The third-order valence-electron chi connectivity index (χ3n) is 0.521. The van der Waals surface area contributed by atoms with E-state index in [1.54, 1.807) is 0 Å². The summed E-state index contributed by atoms with van der Waals surface area (Å²) in [7, 11) is 0. The summed E-state index contributed by atoms with van der Waals surface area (Å²) in [5.74, 6) is 0. The molecule has 4 heteroatoms. The summed E-state index contributed by atoms with van der Waals surface area (Å²) in [4.78, 5) is 0. The van der Waals surface area contributed by atoms with Crippen molar-refractivity contribution >= 4 is 30.1 Å². The van der Waals surface area contributed by atoms with Gasteiger partial charge in [-0.3, -0.25) is 0 Å². The largest absolute Gasteiger partial charge is 0.360 e. The molecule has 0 aromatic rings. The third-order valence-corrected chi connectivity index (χ3v) is 1.12. The number of thiocarbonyl (C=S) groups is 1. The van der Waals surface area contributed by atoms with Crippen LogP contribution >= 0.6 is 25.0 Å². The lowest BCUT2D eigenvalue weighted by Gasteiger charge is -2.08. The van der Waals surface area contributed by atoms with E-state index in [0.717, 1.165) is 0 Å². The van der Waals surface area contributed by atoms with E-state index in [9.17, 15) is 0 Å². The second kappa shape index (κ2) is 3.97. The Morgan fingerprint density at radius 1 is 1.62 bits per heavy atom. The van der Waals surface area contributed by atoms with Crippen LogP contribution in [0.5, 0.6) is 0 Å². The smallest absolute Gasteiger partial charge is 0.176 e. The molecule has 0 aromatic heterocycles. The molecule has 0 bridgehead atoms. The lowest BCUT2D eigenvalue weighted by atomic mass is 10.4. The molecule has 0 aromatic carbocycles. The summed E-state index contributed by atoms with van der Waals surface area (Å²) in [5.41, 5.74) is 0. The predicted octanol–water partition coefficient (Wildman–Crippen LogP) is 0.704. The van der Waals surface area contributed by atoms with Gasteiger partial charge in [-0.25, -0.2) is 0 Å². The molecule has 2 nitrogen and oxygen atoms in total. The first-order valence-electron chi connectivity index (χ1n) is 2.37. The van der Waals surface area contributed by atoms with E-state index in [1.165, 1.54) is 0 Å². The zero-order valence-corrected chi connectivity index (χ0v) is 6.64. The van der Waals surface area contributed by atoms with E-state index in [4.69, 9.17) is 12.2 Å². The van der Waals surface area contributed by atoms with Gasteiger partial charge in [-0.15, -0.1) is 0 Å². The zero-order valence-electron chi connectivity index (χ0n) is 4.93. The Labute approximate surface area is 60.6 Å². The van der Waals surface area contributed by atoms with Crippen LogP contribution in [-0.2, 0) is 0 Å². The number of thiol groups is 1. The molecule has 0 spiro atoms. The summed E-state index contributed by atoms with van der Waals surface area (Å²) in [6.45, 7) is 4.02. The molecule has 2 N–H and O–H groups in total. The zero-order chi connectivity index (χ0) is 6.57. The Morgan fingerprint density at radius 3 is 2.25 bits per heavy atom. The summed E-state index contributed by atoms with van der Waals surface area (Å²) in [5, 5.41) is 3.51. The monoisotopic (exact) mass is 150 g/mol. The van der Waals surface area contributed by atoms with E-state index in [0.29, 0.717) is 11.2 Å². The first-order chi connectivity index (χ1) is 3.66. The summed E-state index contributed by atoms with van der Waals surface area (Å²) in [6, 6.07) is 0.377. The fourth-order valence-corrected chi connectivity index (χ4v) is 0.595. The number of hydrogen-bond acceptors (Lipinski definition) is 2. The highest BCUT2D eigenvalue weighted by Gasteiger charge is 1.91. The minimum atomic E-state index is 0.377. The number of hydrogen-bond donors (Lipinski definition) is 3. The lowest BCUT2D eigenvalue weighted by Crippen LogP contribution is -2.34. The normalized spacial score (nSPS) is 9.00. The van der Waals surface area contributed by atoms with Crippen molar-refractivity contribution in [2.75, 3.05) is 0 Å². The van der Waals surface area contributed by atoms with Crippen LogP contribution in [0.3, 0.4) is 0 Å². The molecule has 0 atom stereocenters. The molecule has 0 aliphatic carbocycles. The molecular formula is C4H10N2S2. The molecule has 0 saturated carbocycles. The van der Waals surface area contributed by atoms with Crippen molar-refractivity contribution in [3.63, 3.8) is 0 Å². The molecule has 0 amide bonds. The number of nitrogens with one attached hydrogen (secondary N) is 2. The maximum absolute atomic E-state index is 4.73. The highest BCUT2D eigenvalue weighted by atomic mass is 32.1. The van der Waals surface area contributed by atoms with E-state index in [-0.39, 0.29) is 0 Å². The van der Waals surface area contributed by atoms with Gasteiger partial charge in [-0.2, -0.15) is 0 Å². The molecule has 0 rings (SSSR count). The summed E-state index contributed by atoms with van der Waals surface area (Å²) >= 11 is 8.47. The summed E-state index contributed by atoms with van der Waals surface area (Å²) < 4.78 is 2.51. The average molecular weight is 150 g/mol. The van der Waals surface area contributed by atoms with Crippen LogP contribution in [0, 0.1) is 0 Å². The van der Waals surface area contributed by atoms with Gasteiger partial charge in [-0.05, 0) is 26.1 Å². The molecule has 48 valence electrons. The highest BCUT2D eigenvalue weighted by Crippen LogP contribution is 1.76. The second-order valence-corrected chi connectivity index (χ2v) is 2.37. The lowest BCUT2D eigenvalue weighted by molar-refractivity contribution is 0.733.